The minimum atomic E-state index is 0.399. The summed E-state index contributed by atoms with van der Waals surface area (Å²) < 4.78 is 8.22. The first-order valence-corrected chi connectivity index (χ1v) is 5.31. The van der Waals surface area contributed by atoms with Crippen LogP contribution in [0, 0.1) is 5.21 Å². The first-order valence-electron chi connectivity index (χ1n) is 5.31. The van der Waals surface area contributed by atoms with E-state index in [0.29, 0.717) is 24.7 Å². The van der Waals surface area contributed by atoms with Crippen LogP contribution in [-0.2, 0) is 17.9 Å². The number of imidazole rings is 1. The SMILES string of the molecule is [O-][n+]1c(-c2ccccc2)cn2c1COCC2. The standard InChI is InChI=1S/C12H12N2O2/c15-14-11(10-4-2-1-3-5-10)8-13-6-7-16-9-12(13)14/h1-5,8H,6-7,9H2. The number of nitrogens with zero attached hydrogens (tertiary/aromatic N) is 2. The van der Waals surface area contributed by atoms with Crippen molar-refractivity contribution in [1.29, 1.82) is 0 Å². The lowest BCUT2D eigenvalue weighted by Crippen LogP contribution is -2.35. The average molecular weight is 216 g/mol. The summed E-state index contributed by atoms with van der Waals surface area (Å²) in [4.78, 5) is 0. The largest absolute Gasteiger partial charge is 0.710 e. The van der Waals surface area contributed by atoms with E-state index in [1.807, 2.05) is 41.1 Å². The van der Waals surface area contributed by atoms with Crippen molar-refractivity contribution in [3.05, 3.63) is 47.6 Å². The second-order valence-corrected chi connectivity index (χ2v) is 3.84. The van der Waals surface area contributed by atoms with Crippen LogP contribution in [0.15, 0.2) is 36.5 Å². The molecule has 0 N–H and O–H groups in total. The van der Waals surface area contributed by atoms with Gasteiger partial charge in [0.2, 0.25) is 0 Å². The Labute approximate surface area is 93.3 Å². The molecule has 0 aliphatic carbocycles. The minimum Gasteiger partial charge on any atom is -0.710 e. The summed E-state index contributed by atoms with van der Waals surface area (Å²) >= 11 is 0. The Hall–Kier alpha value is -1.81. The summed E-state index contributed by atoms with van der Waals surface area (Å²) in [6.07, 6.45) is 1.90. The first kappa shape index (κ1) is 9.42. The quantitative estimate of drug-likeness (QED) is 0.533. The van der Waals surface area contributed by atoms with E-state index in [1.165, 1.54) is 0 Å². The van der Waals surface area contributed by atoms with Crippen LogP contribution in [-0.4, -0.2) is 11.2 Å². The normalized spacial score (nSPS) is 14.8. The zero-order valence-corrected chi connectivity index (χ0v) is 8.80. The highest BCUT2D eigenvalue weighted by Crippen LogP contribution is 2.18. The van der Waals surface area contributed by atoms with Gasteiger partial charge in [-0.25, -0.2) is 9.30 Å². The van der Waals surface area contributed by atoms with Crippen molar-refractivity contribution in [2.75, 3.05) is 6.61 Å². The maximum Gasteiger partial charge on any atom is 0.286 e. The van der Waals surface area contributed by atoms with Crippen LogP contribution >= 0.6 is 0 Å². The topological polar surface area (TPSA) is 41.1 Å². The number of aromatic nitrogens is 2. The van der Waals surface area contributed by atoms with Crippen molar-refractivity contribution in [2.24, 2.45) is 0 Å². The monoisotopic (exact) mass is 216 g/mol. The molecule has 0 atom stereocenters. The van der Waals surface area contributed by atoms with Crippen LogP contribution in [0.4, 0.5) is 0 Å². The molecule has 0 saturated heterocycles. The molecular weight excluding hydrogens is 204 g/mol. The van der Waals surface area contributed by atoms with Crippen molar-refractivity contribution in [3.63, 3.8) is 0 Å². The van der Waals surface area contributed by atoms with Crippen LogP contribution in [0.2, 0.25) is 0 Å². The van der Waals surface area contributed by atoms with Crippen LogP contribution < -0.4 is 4.73 Å². The van der Waals surface area contributed by atoms with E-state index in [9.17, 15) is 5.21 Å². The maximum atomic E-state index is 12.0. The van der Waals surface area contributed by atoms with E-state index in [2.05, 4.69) is 0 Å². The number of hydrogen-bond acceptors (Lipinski definition) is 2. The van der Waals surface area contributed by atoms with Gasteiger partial charge in [0, 0.05) is 5.56 Å². The fraction of sp³-hybridized carbons (Fsp3) is 0.250. The summed E-state index contributed by atoms with van der Waals surface area (Å²) in [5.74, 6) is 0.685. The molecule has 0 unspecified atom stereocenters. The fourth-order valence-electron chi connectivity index (χ4n) is 1.99. The summed E-state index contributed by atoms with van der Waals surface area (Å²) in [7, 11) is 0. The van der Waals surface area contributed by atoms with Crippen molar-refractivity contribution in [2.45, 2.75) is 13.2 Å². The van der Waals surface area contributed by atoms with Gasteiger partial charge in [-0.3, -0.25) is 0 Å². The van der Waals surface area contributed by atoms with Gasteiger partial charge < -0.3 is 9.94 Å². The van der Waals surface area contributed by atoms with Gasteiger partial charge in [-0.05, 0) is 0 Å². The van der Waals surface area contributed by atoms with Crippen LogP contribution in [0.25, 0.3) is 11.3 Å². The Morgan fingerprint density at radius 3 is 2.81 bits per heavy atom. The zero-order chi connectivity index (χ0) is 11.0. The second-order valence-electron chi connectivity index (χ2n) is 3.84. The molecule has 0 spiro atoms. The molecule has 0 bridgehead atoms. The molecule has 1 aliphatic rings. The number of hydrogen-bond donors (Lipinski definition) is 0. The molecule has 1 aromatic carbocycles. The predicted molar refractivity (Wildman–Crippen MR) is 58.5 cm³/mol. The van der Waals surface area contributed by atoms with E-state index >= 15 is 0 Å². The molecule has 4 heteroatoms. The molecule has 2 aromatic rings. The first-order chi connectivity index (χ1) is 7.86. The summed E-state index contributed by atoms with van der Waals surface area (Å²) in [5, 5.41) is 12.0. The molecule has 4 nitrogen and oxygen atoms in total. The van der Waals surface area contributed by atoms with Gasteiger partial charge in [0.05, 0.1) is 6.61 Å². The highest BCUT2D eigenvalue weighted by atomic mass is 16.5. The third kappa shape index (κ3) is 1.39. The van der Waals surface area contributed by atoms with Gasteiger partial charge in [0.1, 0.15) is 19.3 Å². The van der Waals surface area contributed by atoms with Gasteiger partial charge in [0.15, 0.2) is 5.69 Å². The fourth-order valence-corrected chi connectivity index (χ4v) is 1.99. The van der Waals surface area contributed by atoms with E-state index in [-0.39, 0.29) is 0 Å². The van der Waals surface area contributed by atoms with E-state index < -0.39 is 0 Å². The second kappa shape index (κ2) is 3.64. The summed E-state index contributed by atoms with van der Waals surface area (Å²) in [6.45, 7) is 1.83. The molecule has 2 heterocycles. The van der Waals surface area contributed by atoms with E-state index in [1.54, 1.807) is 0 Å². The van der Waals surface area contributed by atoms with Gasteiger partial charge in [-0.15, -0.1) is 0 Å². The highest BCUT2D eigenvalue weighted by Gasteiger charge is 2.23. The lowest BCUT2D eigenvalue weighted by Gasteiger charge is -2.11. The van der Waals surface area contributed by atoms with Gasteiger partial charge in [0.25, 0.3) is 5.82 Å². The Balaban J connectivity index is 2.12. The third-order valence-electron chi connectivity index (χ3n) is 2.84. The smallest absolute Gasteiger partial charge is 0.286 e. The average Bonchev–Trinajstić information content (AvgIpc) is 2.69. The number of benzene rings is 1. The molecule has 82 valence electrons. The van der Waals surface area contributed by atoms with Crippen molar-refractivity contribution < 1.29 is 9.47 Å². The number of ether oxygens (including phenoxy) is 1. The molecule has 3 rings (SSSR count). The molecule has 0 radical (unpaired) electrons. The Morgan fingerprint density at radius 2 is 2.06 bits per heavy atom. The van der Waals surface area contributed by atoms with Crippen LogP contribution in [0.1, 0.15) is 5.82 Å². The molecule has 16 heavy (non-hydrogen) atoms. The molecular formula is C12H12N2O2. The van der Waals surface area contributed by atoms with Crippen LogP contribution in [0.3, 0.4) is 0 Å². The van der Waals surface area contributed by atoms with Gasteiger partial charge >= 0.3 is 0 Å². The number of rotatable bonds is 1. The lowest BCUT2D eigenvalue weighted by atomic mass is 10.2. The number of fused-ring (bicyclic) bond motifs is 1. The van der Waals surface area contributed by atoms with Crippen LogP contribution in [0.5, 0.6) is 0 Å². The van der Waals surface area contributed by atoms with Crippen molar-refractivity contribution in [3.8, 4) is 11.3 Å². The van der Waals surface area contributed by atoms with E-state index in [0.717, 1.165) is 16.8 Å². The summed E-state index contributed by atoms with van der Waals surface area (Å²) in [5.41, 5.74) is 1.64. The zero-order valence-electron chi connectivity index (χ0n) is 8.80. The summed E-state index contributed by atoms with van der Waals surface area (Å²) in [6, 6.07) is 9.69. The molecule has 0 fully saturated rings. The molecule has 0 saturated carbocycles. The van der Waals surface area contributed by atoms with Gasteiger partial charge in [-0.1, -0.05) is 30.3 Å². The molecule has 1 aromatic heterocycles. The molecule has 1 aliphatic heterocycles. The van der Waals surface area contributed by atoms with E-state index in [4.69, 9.17) is 4.74 Å². The maximum absolute atomic E-state index is 12.0. The van der Waals surface area contributed by atoms with Crippen molar-refractivity contribution >= 4 is 0 Å². The Kier molecular flexibility index (Phi) is 2.15. The predicted octanol–water partition coefficient (Wildman–Crippen LogP) is 1.32. The molecule has 0 amide bonds. The van der Waals surface area contributed by atoms with Gasteiger partial charge in [-0.2, -0.15) is 0 Å². The highest BCUT2D eigenvalue weighted by molar-refractivity contribution is 5.55. The van der Waals surface area contributed by atoms with Crippen molar-refractivity contribution in [1.82, 2.24) is 4.57 Å². The lowest BCUT2D eigenvalue weighted by molar-refractivity contribution is -0.606. The Morgan fingerprint density at radius 1 is 1.25 bits per heavy atom. The third-order valence-corrected chi connectivity index (χ3v) is 2.84. The minimum absolute atomic E-state index is 0.399. The Bertz CT molecular complexity index is 505.